The zero-order valence-corrected chi connectivity index (χ0v) is 9.27. The van der Waals surface area contributed by atoms with Gasteiger partial charge in [0, 0.05) is 11.5 Å². The first kappa shape index (κ1) is 9.90. The molecule has 0 unspecified atom stereocenters. The molecule has 3 aromatic rings. The molecule has 0 aliphatic rings. The summed E-state index contributed by atoms with van der Waals surface area (Å²) in [6.07, 6.45) is 4.27. The van der Waals surface area contributed by atoms with E-state index in [-0.39, 0.29) is 5.75 Å². The number of hydrogen-bond donors (Lipinski definition) is 1. The second kappa shape index (κ2) is 3.63. The Balaban J connectivity index is 2.28. The van der Waals surface area contributed by atoms with Gasteiger partial charge in [-0.3, -0.25) is 0 Å². The Morgan fingerprint density at radius 3 is 2.88 bits per heavy atom. The van der Waals surface area contributed by atoms with E-state index in [2.05, 4.69) is 11.2 Å². The molecule has 2 aromatic heterocycles. The molecule has 3 nitrogen and oxygen atoms in total. The van der Waals surface area contributed by atoms with Crippen LogP contribution in [0.2, 0.25) is 0 Å². The number of pyridine rings is 1. The Kier molecular flexibility index (Phi) is 2.11. The van der Waals surface area contributed by atoms with Crippen molar-refractivity contribution in [3.8, 4) is 17.2 Å². The van der Waals surface area contributed by atoms with Crippen molar-refractivity contribution < 1.29 is 9.52 Å². The minimum Gasteiger partial charge on any atom is -0.505 e. The van der Waals surface area contributed by atoms with E-state index < -0.39 is 0 Å². The van der Waals surface area contributed by atoms with Crippen LogP contribution in [0.4, 0.5) is 0 Å². The summed E-state index contributed by atoms with van der Waals surface area (Å²) >= 11 is 0. The highest BCUT2D eigenvalue weighted by molar-refractivity contribution is 5.88. The smallest absolute Gasteiger partial charge is 0.156 e. The zero-order chi connectivity index (χ0) is 11.8. The van der Waals surface area contributed by atoms with Crippen molar-refractivity contribution in [1.82, 2.24) is 4.98 Å². The third-order valence-electron chi connectivity index (χ3n) is 2.79. The topological polar surface area (TPSA) is 46.3 Å². The van der Waals surface area contributed by atoms with Gasteiger partial charge in [0.05, 0.1) is 6.20 Å². The summed E-state index contributed by atoms with van der Waals surface area (Å²) in [7, 11) is 0. The van der Waals surface area contributed by atoms with Crippen LogP contribution in [0.25, 0.3) is 22.2 Å². The summed E-state index contributed by atoms with van der Waals surface area (Å²) < 4.78 is 5.25. The first-order chi connectivity index (χ1) is 8.25. The normalized spacial score (nSPS) is 10.9. The van der Waals surface area contributed by atoms with Crippen LogP contribution in [0, 0.1) is 13.1 Å². The fourth-order valence-corrected chi connectivity index (χ4v) is 1.93. The number of rotatable bonds is 1. The summed E-state index contributed by atoms with van der Waals surface area (Å²) in [6.45, 7) is 1.98. The van der Waals surface area contributed by atoms with Crippen molar-refractivity contribution in [3.05, 3.63) is 48.4 Å². The fourth-order valence-electron chi connectivity index (χ4n) is 1.93. The maximum absolute atomic E-state index is 9.29. The molecule has 1 aromatic carbocycles. The summed E-state index contributed by atoms with van der Waals surface area (Å²) in [5.41, 5.74) is 1.73. The molecule has 0 fully saturated rings. The van der Waals surface area contributed by atoms with Crippen LogP contribution in [0.3, 0.4) is 0 Å². The van der Waals surface area contributed by atoms with Crippen molar-refractivity contribution in [1.29, 1.82) is 0 Å². The number of benzene rings is 1. The average Bonchev–Trinajstić information content (AvgIpc) is 2.77. The third-order valence-corrected chi connectivity index (χ3v) is 2.79. The number of nitrogens with zero attached hydrogens (tertiary/aromatic N) is 1. The maximum Gasteiger partial charge on any atom is 0.156 e. The van der Waals surface area contributed by atoms with E-state index in [1.807, 2.05) is 31.2 Å². The molecule has 3 heteroatoms. The molecule has 17 heavy (non-hydrogen) atoms. The SMILES string of the molecule is Cc1c(-c2cc(O)co2)n[c]c2ccccc12. The largest absolute Gasteiger partial charge is 0.505 e. The number of furan rings is 1. The molecule has 0 saturated carbocycles. The molecule has 3 rings (SSSR count). The minimum absolute atomic E-state index is 0.106. The molecule has 2 heterocycles. The van der Waals surface area contributed by atoms with Crippen LogP contribution >= 0.6 is 0 Å². The Labute approximate surface area is 98.3 Å². The summed E-state index contributed by atoms with van der Waals surface area (Å²) in [5, 5.41) is 11.4. The second-order valence-corrected chi connectivity index (χ2v) is 3.91. The van der Waals surface area contributed by atoms with Crippen LogP contribution in [0.15, 0.2) is 41.0 Å². The second-order valence-electron chi connectivity index (χ2n) is 3.91. The van der Waals surface area contributed by atoms with Crippen LogP contribution in [0.5, 0.6) is 5.75 Å². The van der Waals surface area contributed by atoms with E-state index in [1.165, 1.54) is 6.26 Å². The van der Waals surface area contributed by atoms with Crippen molar-refractivity contribution in [3.63, 3.8) is 0 Å². The van der Waals surface area contributed by atoms with Gasteiger partial charge in [0.1, 0.15) is 12.0 Å². The van der Waals surface area contributed by atoms with Crippen LogP contribution in [-0.4, -0.2) is 10.1 Å². The lowest BCUT2D eigenvalue weighted by atomic mass is 10.0. The first-order valence-corrected chi connectivity index (χ1v) is 5.30. The molecular weight excluding hydrogens is 214 g/mol. The lowest BCUT2D eigenvalue weighted by molar-refractivity contribution is 0.459. The van der Waals surface area contributed by atoms with Gasteiger partial charge in [0.15, 0.2) is 11.5 Å². The van der Waals surface area contributed by atoms with Crippen LogP contribution in [-0.2, 0) is 0 Å². The van der Waals surface area contributed by atoms with Crippen molar-refractivity contribution >= 4 is 10.8 Å². The average molecular weight is 224 g/mol. The minimum atomic E-state index is 0.106. The first-order valence-electron chi connectivity index (χ1n) is 5.30. The Bertz CT molecular complexity index is 686. The van der Waals surface area contributed by atoms with E-state index in [0.29, 0.717) is 11.5 Å². The molecule has 0 bridgehead atoms. The molecule has 0 spiro atoms. The van der Waals surface area contributed by atoms with Gasteiger partial charge in [0.25, 0.3) is 0 Å². The van der Waals surface area contributed by atoms with Crippen LogP contribution < -0.4 is 0 Å². The molecule has 0 atom stereocenters. The lowest BCUT2D eigenvalue weighted by Gasteiger charge is -2.05. The maximum atomic E-state index is 9.29. The molecule has 0 aliphatic heterocycles. The van der Waals surface area contributed by atoms with E-state index in [1.54, 1.807) is 6.07 Å². The molecule has 0 amide bonds. The van der Waals surface area contributed by atoms with Crippen molar-refractivity contribution in [2.75, 3.05) is 0 Å². The Hall–Kier alpha value is -2.29. The van der Waals surface area contributed by atoms with Gasteiger partial charge < -0.3 is 9.52 Å². The van der Waals surface area contributed by atoms with E-state index in [9.17, 15) is 5.11 Å². The predicted octanol–water partition coefficient (Wildman–Crippen LogP) is 3.31. The van der Waals surface area contributed by atoms with Gasteiger partial charge in [0.2, 0.25) is 0 Å². The summed E-state index contributed by atoms with van der Waals surface area (Å²) in [4.78, 5) is 4.26. The van der Waals surface area contributed by atoms with Gasteiger partial charge in [-0.15, -0.1) is 0 Å². The quantitative estimate of drug-likeness (QED) is 0.689. The van der Waals surface area contributed by atoms with Crippen molar-refractivity contribution in [2.45, 2.75) is 6.92 Å². The van der Waals surface area contributed by atoms with E-state index in [4.69, 9.17) is 4.42 Å². The molecule has 0 aliphatic carbocycles. The number of aromatic hydroxyl groups is 1. The highest BCUT2D eigenvalue weighted by atomic mass is 16.4. The number of aromatic nitrogens is 1. The standard InChI is InChI=1S/C14H10NO2/c1-9-12-5-3-2-4-10(12)7-15-14(9)13-6-11(16)8-17-13/h2-6,8,16H,1H3. The van der Waals surface area contributed by atoms with Gasteiger partial charge in [-0.1, -0.05) is 24.3 Å². The van der Waals surface area contributed by atoms with Crippen LogP contribution in [0.1, 0.15) is 5.56 Å². The van der Waals surface area contributed by atoms with Gasteiger partial charge >= 0.3 is 0 Å². The number of fused-ring (bicyclic) bond motifs is 1. The Morgan fingerprint density at radius 1 is 1.29 bits per heavy atom. The summed E-state index contributed by atoms with van der Waals surface area (Å²) in [5.74, 6) is 0.663. The molecule has 83 valence electrons. The zero-order valence-electron chi connectivity index (χ0n) is 9.27. The third kappa shape index (κ3) is 1.56. The number of aryl methyl sites for hydroxylation is 1. The lowest BCUT2D eigenvalue weighted by Crippen LogP contribution is -1.89. The van der Waals surface area contributed by atoms with Crippen molar-refractivity contribution in [2.24, 2.45) is 0 Å². The highest BCUT2D eigenvalue weighted by Gasteiger charge is 2.11. The molecule has 1 radical (unpaired) electrons. The molecule has 1 N–H and O–H groups in total. The predicted molar refractivity (Wildman–Crippen MR) is 64.7 cm³/mol. The van der Waals surface area contributed by atoms with E-state index in [0.717, 1.165) is 16.3 Å². The molecule has 0 saturated heterocycles. The fraction of sp³-hybridized carbons (Fsp3) is 0.0714. The van der Waals surface area contributed by atoms with Gasteiger partial charge in [-0.2, -0.15) is 0 Å². The highest BCUT2D eigenvalue weighted by Crippen LogP contribution is 2.29. The molecular formula is C14H10NO2. The van der Waals surface area contributed by atoms with Gasteiger partial charge in [-0.25, -0.2) is 4.98 Å². The van der Waals surface area contributed by atoms with Gasteiger partial charge in [-0.05, 0) is 17.9 Å². The summed E-state index contributed by atoms with van der Waals surface area (Å²) in [6, 6.07) is 9.48. The number of hydrogen-bond acceptors (Lipinski definition) is 3. The monoisotopic (exact) mass is 224 g/mol. The Morgan fingerprint density at radius 2 is 2.12 bits per heavy atom. The van der Waals surface area contributed by atoms with E-state index >= 15 is 0 Å².